The Hall–Kier alpha value is -3.47. The van der Waals surface area contributed by atoms with Gasteiger partial charge in [0.15, 0.2) is 5.82 Å². The zero-order chi connectivity index (χ0) is 23.8. The van der Waals surface area contributed by atoms with Crippen LogP contribution in [0.4, 0.5) is 0 Å². The summed E-state index contributed by atoms with van der Waals surface area (Å²) in [6.07, 6.45) is 4.65. The van der Waals surface area contributed by atoms with Gasteiger partial charge in [-0.15, -0.1) is 0 Å². The van der Waals surface area contributed by atoms with Crippen LogP contribution in [0.5, 0.6) is 0 Å². The molecular weight excluding hydrogens is 406 g/mol. The Kier molecular flexibility index (Phi) is 5.83. The lowest BCUT2D eigenvalue weighted by Crippen LogP contribution is -2.21. The van der Waals surface area contributed by atoms with E-state index in [1.54, 1.807) is 6.20 Å². The van der Waals surface area contributed by atoms with E-state index >= 15 is 0 Å². The molecule has 2 aromatic carbocycles. The quantitative estimate of drug-likeness (QED) is 0.289. The third-order valence-corrected chi connectivity index (χ3v) is 5.61. The van der Waals surface area contributed by atoms with Crippen LogP contribution in [0.3, 0.4) is 0 Å². The molecule has 2 aromatic heterocycles. The molecule has 0 radical (unpaired) electrons. The fraction of sp³-hybridized carbons (Fsp3) is 0.321. The molecule has 0 aliphatic rings. The highest BCUT2D eigenvalue weighted by atomic mass is 14.9. The van der Waals surface area contributed by atoms with Crippen molar-refractivity contribution < 1.29 is 0 Å². The molecule has 0 amide bonds. The Bertz CT molecular complexity index is 1240. The highest BCUT2D eigenvalue weighted by molar-refractivity contribution is 5.99. The summed E-state index contributed by atoms with van der Waals surface area (Å²) in [6, 6.07) is 17.0. The number of aromatic nitrogens is 4. The molecule has 0 saturated heterocycles. The number of H-pyrrole nitrogens is 2. The van der Waals surface area contributed by atoms with Gasteiger partial charge in [0, 0.05) is 11.8 Å². The van der Waals surface area contributed by atoms with Crippen LogP contribution in [0, 0.1) is 16.2 Å². The van der Waals surface area contributed by atoms with Gasteiger partial charge in [-0.2, -0.15) is 0 Å². The summed E-state index contributed by atoms with van der Waals surface area (Å²) < 4.78 is 0. The number of imidazole rings is 2. The fourth-order valence-corrected chi connectivity index (χ4v) is 3.74. The van der Waals surface area contributed by atoms with Crippen LogP contribution < -0.4 is 0 Å². The third-order valence-electron chi connectivity index (χ3n) is 5.61. The van der Waals surface area contributed by atoms with E-state index in [9.17, 15) is 0 Å². The summed E-state index contributed by atoms with van der Waals surface area (Å²) in [5.41, 5.74) is 6.96. The van der Waals surface area contributed by atoms with Crippen LogP contribution in [0.15, 0.2) is 60.9 Å². The van der Waals surface area contributed by atoms with E-state index in [2.05, 4.69) is 89.2 Å². The number of rotatable bonds is 5. The Balaban J connectivity index is 1.49. The van der Waals surface area contributed by atoms with Gasteiger partial charge in [0.05, 0.1) is 29.5 Å². The second-order valence-electron chi connectivity index (χ2n) is 10.9. The van der Waals surface area contributed by atoms with Crippen molar-refractivity contribution in [2.75, 3.05) is 0 Å². The summed E-state index contributed by atoms with van der Waals surface area (Å²) in [5.74, 6) is 1.65. The Morgan fingerprint density at radius 1 is 0.697 bits per heavy atom. The molecule has 0 unspecified atom stereocenters. The molecule has 0 aliphatic carbocycles. The summed E-state index contributed by atoms with van der Waals surface area (Å²) in [6.45, 7) is 12.7. The van der Waals surface area contributed by atoms with Crippen LogP contribution >= 0.6 is 0 Å². The highest BCUT2D eigenvalue weighted by Gasteiger charge is 2.21. The van der Waals surface area contributed by atoms with Crippen LogP contribution in [0.25, 0.3) is 33.6 Å². The van der Waals surface area contributed by atoms with Crippen molar-refractivity contribution in [1.29, 1.82) is 5.41 Å². The molecule has 5 heteroatoms. The molecular formula is C28H33N5. The topological polar surface area (TPSA) is 81.2 Å². The van der Waals surface area contributed by atoms with Gasteiger partial charge in [0.1, 0.15) is 5.82 Å². The molecule has 0 bridgehead atoms. The monoisotopic (exact) mass is 439 g/mol. The molecule has 170 valence electrons. The van der Waals surface area contributed by atoms with Crippen molar-refractivity contribution in [3.63, 3.8) is 0 Å². The average Bonchev–Trinajstić information content (AvgIpc) is 3.42. The summed E-state index contributed by atoms with van der Waals surface area (Å²) in [7, 11) is 0. The second-order valence-corrected chi connectivity index (χ2v) is 10.9. The minimum absolute atomic E-state index is 0.206. The van der Waals surface area contributed by atoms with Crippen molar-refractivity contribution in [3.05, 3.63) is 72.6 Å². The zero-order valence-electron chi connectivity index (χ0n) is 20.4. The molecule has 4 aromatic rings. The van der Waals surface area contributed by atoms with Gasteiger partial charge in [0.2, 0.25) is 0 Å². The van der Waals surface area contributed by atoms with Crippen LogP contribution in [-0.4, -0.2) is 25.6 Å². The molecule has 3 N–H and O–H groups in total. The predicted octanol–water partition coefficient (Wildman–Crippen LogP) is 7.14. The van der Waals surface area contributed by atoms with Gasteiger partial charge in [0.25, 0.3) is 0 Å². The molecule has 0 spiro atoms. The van der Waals surface area contributed by atoms with Crippen molar-refractivity contribution in [3.8, 4) is 33.6 Å². The Morgan fingerprint density at radius 2 is 1.15 bits per heavy atom. The normalized spacial score (nSPS) is 12.2. The summed E-state index contributed by atoms with van der Waals surface area (Å²) in [4.78, 5) is 15.7. The average molecular weight is 440 g/mol. The van der Waals surface area contributed by atoms with Gasteiger partial charge in [-0.25, -0.2) is 9.97 Å². The number of hydrogen-bond acceptors (Lipinski definition) is 3. The maximum Gasteiger partial charge on any atom is 0.152 e. The van der Waals surface area contributed by atoms with E-state index in [1.807, 2.05) is 27.0 Å². The first-order valence-corrected chi connectivity index (χ1v) is 11.4. The van der Waals surface area contributed by atoms with E-state index in [4.69, 9.17) is 5.41 Å². The lowest BCUT2D eigenvalue weighted by Gasteiger charge is -2.17. The van der Waals surface area contributed by atoms with Gasteiger partial charge >= 0.3 is 0 Å². The minimum atomic E-state index is -0.241. The van der Waals surface area contributed by atoms with E-state index in [0.29, 0.717) is 11.5 Å². The maximum atomic E-state index is 8.32. The Morgan fingerprint density at radius 3 is 1.64 bits per heavy atom. The maximum absolute atomic E-state index is 8.32. The number of nitrogens with one attached hydrogen (secondary N) is 3. The van der Waals surface area contributed by atoms with E-state index in [-0.39, 0.29) is 10.8 Å². The van der Waals surface area contributed by atoms with Crippen LogP contribution in [-0.2, 0) is 6.42 Å². The molecule has 4 rings (SSSR count). The number of aromatic amines is 2. The molecule has 0 atom stereocenters. The predicted molar refractivity (Wildman–Crippen MR) is 136 cm³/mol. The number of nitrogens with zero attached hydrogens (tertiary/aromatic N) is 2. The fourth-order valence-electron chi connectivity index (χ4n) is 3.74. The molecule has 5 nitrogen and oxygen atoms in total. The van der Waals surface area contributed by atoms with E-state index < -0.39 is 0 Å². The van der Waals surface area contributed by atoms with Gasteiger partial charge in [-0.1, -0.05) is 90.1 Å². The molecule has 2 heterocycles. The summed E-state index contributed by atoms with van der Waals surface area (Å²) >= 11 is 0. The smallest absolute Gasteiger partial charge is 0.152 e. The lowest BCUT2D eigenvalue weighted by molar-refractivity contribution is 0.402. The van der Waals surface area contributed by atoms with E-state index in [1.165, 1.54) is 5.56 Å². The van der Waals surface area contributed by atoms with Crippen molar-refractivity contribution >= 4 is 5.71 Å². The molecule has 0 saturated carbocycles. The largest absolute Gasteiger partial charge is 0.342 e. The van der Waals surface area contributed by atoms with Gasteiger partial charge < -0.3 is 15.4 Å². The SMILES string of the molecule is CC(C)(C)Cc1ncc(-c2ccc(-c3ccc(-c4cnc(C(=N)C(C)(C)C)[nH]4)cc3)cc2)[nH]1. The van der Waals surface area contributed by atoms with Gasteiger partial charge in [-0.3, -0.25) is 0 Å². The third kappa shape index (κ3) is 5.30. The highest BCUT2D eigenvalue weighted by Crippen LogP contribution is 2.28. The number of benzene rings is 2. The van der Waals surface area contributed by atoms with E-state index in [0.717, 1.165) is 40.3 Å². The Labute approximate surface area is 196 Å². The lowest BCUT2D eigenvalue weighted by atomic mass is 9.90. The second kappa shape index (κ2) is 8.47. The first-order chi connectivity index (χ1) is 15.5. The van der Waals surface area contributed by atoms with Crippen LogP contribution in [0.2, 0.25) is 0 Å². The van der Waals surface area contributed by atoms with Crippen molar-refractivity contribution in [1.82, 2.24) is 19.9 Å². The van der Waals surface area contributed by atoms with Gasteiger partial charge in [-0.05, 0) is 27.7 Å². The minimum Gasteiger partial charge on any atom is -0.342 e. The van der Waals surface area contributed by atoms with Crippen LogP contribution in [0.1, 0.15) is 53.2 Å². The molecule has 0 aliphatic heterocycles. The zero-order valence-corrected chi connectivity index (χ0v) is 20.4. The number of hydrogen-bond donors (Lipinski definition) is 3. The first-order valence-electron chi connectivity index (χ1n) is 11.4. The molecule has 33 heavy (non-hydrogen) atoms. The first kappa shape index (κ1) is 22.7. The molecule has 0 fully saturated rings. The van der Waals surface area contributed by atoms with Crippen molar-refractivity contribution in [2.24, 2.45) is 10.8 Å². The van der Waals surface area contributed by atoms with Crippen molar-refractivity contribution in [2.45, 2.75) is 48.0 Å². The standard InChI is InChI=1S/C28H33N5/c1-27(2,3)15-24-30-16-22(32-24)20-11-7-18(8-12-20)19-9-13-21(14-10-19)23-17-31-26(33-23)25(29)28(4,5)6/h7-14,16-17,29H,15H2,1-6H3,(H,30,32)(H,31,33). The summed E-state index contributed by atoms with van der Waals surface area (Å²) in [5, 5.41) is 8.32.